The molecule has 9 nitrogen and oxygen atoms in total. The SMILES string of the molecule is CCS(=O)(=O)CC(=O)N[C@@H](CCC(=O)C=[N+]=N)C(=O)OC(C)C. The maximum atomic E-state index is 11.9. The Balaban J connectivity index is 4.90. The van der Waals surface area contributed by atoms with E-state index in [0.29, 0.717) is 0 Å². The normalized spacial score (nSPS) is 12.2. The summed E-state index contributed by atoms with van der Waals surface area (Å²) in [4.78, 5) is 37.8. The molecule has 130 valence electrons. The highest BCUT2D eigenvalue weighted by Gasteiger charge is 2.26. The van der Waals surface area contributed by atoms with Crippen molar-refractivity contribution in [3.63, 3.8) is 0 Å². The van der Waals surface area contributed by atoms with Crippen LogP contribution in [0.4, 0.5) is 0 Å². The number of carbonyl (C=O) groups excluding carboxylic acids is 3. The molecule has 1 atom stereocenters. The van der Waals surface area contributed by atoms with E-state index < -0.39 is 45.4 Å². The molecule has 0 spiro atoms. The molecule has 0 aromatic heterocycles. The number of ketones is 1. The summed E-state index contributed by atoms with van der Waals surface area (Å²) in [6.45, 7) is 4.65. The van der Waals surface area contributed by atoms with Gasteiger partial charge in [0.25, 0.3) is 0 Å². The van der Waals surface area contributed by atoms with Gasteiger partial charge in [-0.05, 0) is 20.3 Å². The number of sulfone groups is 1. The minimum atomic E-state index is -3.53. The molecule has 0 heterocycles. The average molecular weight is 348 g/mol. The van der Waals surface area contributed by atoms with Gasteiger partial charge in [0.05, 0.1) is 16.4 Å². The Morgan fingerprint density at radius 2 is 1.91 bits per heavy atom. The summed E-state index contributed by atoms with van der Waals surface area (Å²) >= 11 is 0. The average Bonchev–Trinajstić information content (AvgIpc) is 2.42. The summed E-state index contributed by atoms with van der Waals surface area (Å²) in [5.41, 5.74) is 6.55. The fraction of sp³-hybridized carbons (Fsp3) is 0.692. The van der Waals surface area contributed by atoms with Crippen LogP contribution in [0.3, 0.4) is 0 Å². The molecule has 0 fully saturated rings. The van der Waals surface area contributed by atoms with Gasteiger partial charge in [-0.15, -0.1) is 0 Å². The second-order valence-corrected chi connectivity index (χ2v) is 7.40. The first-order valence-electron chi connectivity index (χ1n) is 7.04. The van der Waals surface area contributed by atoms with Crippen molar-refractivity contribution >= 4 is 33.7 Å². The third-order valence-corrected chi connectivity index (χ3v) is 4.23. The highest BCUT2D eigenvalue weighted by atomic mass is 32.2. The number of hydrogen-bond donors (Lipinski definition) is 2. The van der Waals surface area contributed by atoms with Gasteiger partial charge in [0, 0.05) is 12.2 Å². The van der Waals surface area contributed by atoms with Gasteiger partial charge in [-0.1, -0.05) is 6.92 Å². The van der Waals surface area contributed by atoms with E-state index in [9.17, 15) is 22.8 Å². The standard InChI is InChI=1S/C13H21N3O6S/c1-4-23(20,21)8-12(18)16-11(13(19)22-9(2)3)6-5-10(17)7-15-14/h7,9,11,14H,4-6,8H2,1-3H3/p+1/t11-/m0/s1. The van der Waals surface area contributed by atoms with Gasteiger partial charge in [-0.2, -0.15) is 0 Å². The zero-order valence-electron chi connectivity index (χ0n) is 13.4. The first-order valence-corrected chi connectivity index (χ1v) is 8.86. The van der Waals surface area contributed by atoms with Crippen LogP contribution in [0.25, 0.3) is 0 Å². The molecule has 1 amide bonds. The van der Waals surface area contributed by atoms with Crippen LogP contribution >= 0.6 is 0 Å². The molecule has 0 radical (unpaired) electrons. The number of ether oxygens (including phenoxy) is 1. The lowest BCUT2D eigenvalue weighted by molar-refractivity contribution is -0.151. The van der Waals surface area contributed by atoms with Gasteiger partial charge in [-0.25, -0.2) is 13.2 Å². The van der Waals surface area contributed by atoms with Gasteiger partial charge in [0.2, 0.25) is 11.7 Å². The third kappa shape index (κ3) is 9.54. The van der Waals surface area contributed by atoms with Crippen molar-refractivity contribution in [3.8, 4) is 0 Å². The lowest BCUT2D eigenvalue weighted by Crippen LogP contribution is -2.45. The van der Waals surface area contributed by atoms with Crippen molar-refractivity contribution in [1.82, 2.24) is 5.32 Å². The smallest absolute Gasteiger partial charge is 0.372 e. The Morgan fingerprint density at radius 3 is 2.39 bits per heavy atom. The van der Waals surface area contributed by atoms with Crippen LogP contribution in [0.5, 0.6) is 0 Å². The summed E-state index contributed by atoms with van der Waals surface area (Å²) in [7, 11) is -3.53. The third-order valence-electron chi connectivity index (χ3n) is 2.65. The summed E-state index contributed by atoms with van der Waals surface area (Å²) in [6.07, 6.45) is 0.149. The van der Waals surface area contributed by atoms with E-state index in [-0.39, 0.29) is 18.6 Å². The van der Waals surface area contributed by atoms with Gasteiger partial charge in [0.15, 0.2) is 9.84 Å². The lowest BCUT2D eigenvalue weighted by Gasteiger charge is -2.18. The molecule has 0 unspecified atom stereocenters. The summed E-state index contributed by atoms with van der Waals surface area (Å²) in [5.74, 6) is -3.01. The highest BCUT2D eigenvalue weighted by molar-refractivity contribution is 7.92. The van der Waals surface area contributed by atoms with E-state index in [2.05, 4.69) is 10.1 Å². The Labute approximate surface area is 134 Å². The quantitative estimate of drug-likeness (QED) is 0.236. The molecule has 0 bridgehead atoms. The van der Waals surface area contributed by atoms with E-state index in [1.165, 1.54) is 6.92 Å². The minimum Gasteiger partial charge on any atom is -0.461 e. The lowest BCUT2D eigenvalue weighted by atomic mass is 10.1. The van der Waals surface area contributed by atoms with Crippen LogP contribution < -0.4 is 5.32 Å². The van der Waals surface area contributed by atoms with Crippen molar-refractivity contribution in [3.05, 3.63) is 0 Å². The van der Waals surface area contributed by atoms with Crippen molar-refractivity contribution < 1.29 is 32.3 Å². The molecular weight excluding hydrogens is 326 g/mol. The van der Waals surface area contributed by atoms with Crippen LogP contribution in [-0.4, -0.2) is 60.7 Å². The Hall–Kier alpha value is -2.06. The van der Waals surface area contributed by atoms with E-state index in [4.69, 9.17) is 10.3 Å². The van der Waals surface area contributed by atoms with Crippen LogP contribution in [0.15, 0.2) is 0 Å². The van der Waals surface area contributed by atoms with Gasteiger partial charge < -0.3 is 10.1 Å². The van der Waals surface area contributed by atoms with E-state index in [1.54, 1.807) is 13.8 Å². The first kappa shape index (κ1) is 20.9. The number of nitrogens with one attached hydrogen (secondary N) is 2. The molecule has 10 heteroatoms. The fourth-order valence-electron chi connectivity index (χ4n) is 1.52. The van der Waals surface area contributed by atoms with E-state index >= 15 is 0 Å². The number of esters is 1. The Bertz CT molecular complexity index is 593. The van der Waals surface area contributed by atoms with Crippen molar-refractivity contribution in [1.29, 1.82) is 5.53 Å². The van der Waals surface area contributed by atoms with E-state index in [0.717, 1.165) is 6.21 Å². The second kappa shape index (κ2) is 9.86. The molecule has 0 rings (SSSR count). The maximum Gasteiger partial charge on any atom is 0.372 e. The maximum absolute atomic E-state index is 11.9. The second-order valence-electron chi connectivity index (χ2n) is 5.05. The summed E-state index contributed by atoms with van der Waals surface area (Å²) in [5, 5.41) is 2.27. The molecule has 0 aromatic carbocycles. The topological polar surface area (TPSA) is 145 Å². The first-order chi connectivity index (χ1) is 10.6. The molecule has 0 aromatic rings. The monoisotopic (exact) mass is 348 g/mol. The van der Waals surface area contributed by atoms with Crippen molar-refractivity contribution in [2.45, 2.75) is 45.8 Å². The zero-order valence-corrected chi connectivity index (χ0v) is 14.2. The van der Waals surface area contributed by atoms with Crippen LogP contribution in [0.2, 0.25) is 0 Å². The molecule has 0 aliphatic heterocycles. The Morgan fingerprint density at radius 1 is 1.30 bits per heavy atom. The number of carbonyl (C=O) groups is 3. The number of rotatable bonds is 10. The largest absolute Gasteiger partial charge is 0.461 e. The molecule has 0 saturated carbocycles. The van der Waals surface area contributed by atoms with E-state index in [1.807, 2.05) is 0 Å². The van der Waals surface area contributed by atoms with Crippen LogP contribution in [0.1, 0.15) is 33.6 Å². The van der Waals surface area contributed by atoms with Gasteiger partial charge in [-0.3, -0.25) is 9.59 Å². The predicted molar refractivity (Wildman–Crippen MR) is 80.8 cm³/mol. The number of nitrogens with zero attached hydrogens (tertiary/aromatic N) is 1. The zero-order chi connectivity index (χ0) is 18.0. The minimum absolute atomic E-state index is 0.0751. The molecule has 23 heavy (non-hydrogen) atoms. The number of amides is 1. The van der Waals surface area contributed by atoms with Crippen LogP contribution in [-0.2, 0) is 29.0 Å². The molecule has 2 N–H and O–H groups in total. The predicted octanol–water partition coefficient (Wildman–Crippen LogP) is -0.483. The van der Waals surface area contributed by atoms with Crippen molar-refractivity contribution in [2.75, 3.05) is 11.5 Å². The van der Waals surface area contributed by atoms with Crippen LogP contribution in [0, 0.1) is 5.53 Å². The molecule has 0 saturated heterocycles. The summed E-state index contributed by atoms with van der Waals surface area (Å²) in [6, 6.07) is -1.14. The van der Waals surface area contributed by atoms with Gasteiger partial charge in [0.1, 0.15) is 11.8 Å². The number of hydrogen-bond acceptors (Lipinski definition) is 7. The molecule has 0 aliphatic carbocycles. The summed E-state index contributed by atoms with van der Waals surface area (Å²) < 4.78 is 27.8. The molecular formula is C13H22N3O6S+. The van der Waals surface area contributed by atoms with Gasteiger partial charge >= 0.3 is 12.2 Å². The fourth-order valence-corrected chi connectivity index (χ4v) is 2.21. The highest BCUT2D eigenvalue weighted by Crippen LogP contribution is 2.04. The molecule has 0 aliphatic rings. The van der Waals surface area contributed by atoms with Crippen molar-refractivity contribution in [2.24, 2.45) is 0 Å². The number of Topliss-reactive ketones (excluding diaryl/α,β-unsaturated/α-hetero) is 1. The Kier molecular flexibility index (Phi) is 8.97.